The lowest BCUT2D eigenvalue weighted by Crippen LogP contribution is -2.31. The third-order valence-electron chi connectivity index (χ3n) is 7.79. The summed E-state index contributed by atoms with van der Waals surface area (Å²) >= 11 is 0. The summed E-state index contributed by atoms with van der Waals surface area (Å²) in [6.45, 7) is 11.6. The first-order chi connectivity index (χ1) is 15.3. The Labute approximate surface area is 188 Å². The van der Waals surface area contributed by atoms with Crippen molar-refractivity contribution in [1.82, 2.24) is 9.80 Å². The van der Waals surface area contributed by atoms with Gasteiger partial charge in [0.25, 0.3) is 0 Å². The van der Waals surface area contributed by atoms with Crippen LogP contribution in [-0.4, -0.2) is 55.7 Å². The van der Waals surface area contributed by atoms with Crippen molar-refractivity contribution in [3.63, 3.8) is 0 Å². The Morgan fingerprint density at radius 3 is 2.35 bits per heavy atom. The number of hydrogen-bond acceptors (Lipinski definition) is 3. The Balaban J connectivity index is 0.998. The molecule has 3 fully saturated rings. The number of ether oxygens (including phenoxy) is 1. The summed E-state index contributed by atoms with van der Waals surface area (Å²) in [5.74, 6) is 2.59. The van der Waals surface area contributed by atoms with Gasteiger partial charge in [-0.2, -0.15) is 0 Å². The SMILES string of the molecule is Cc1ccccc1-c1ccc(CN2C[C@@H]3C(COCCCN4CCCCC4)[C@@H]3C2)cc1. The summed E-state index contributed by atoms with van der Waals surface area (Å²) in [5, 5.41) is 0. The summed E-state index contributed by atoms with van der Waals surface area (Å²) in [4.78, 5) is 5.26. The van der Waals surface area contributed by atoms with Crippen LogP contribution < -0.4 is 0 Å². The number of nitrogens with zero attached hydrogens (tertiary/aromatic N) is 2. The van der Waals surface area contributed by atoms with Crippen LogP contribution in [-0.2, 0) is 11.3 Å². The second kappa shape index (κ2) is 9.85. The molecule has 0 bridgehead atoms. The highest BCUT2D eigenvalue weighted by molar-refractivity contribution is 5.67. The molecule has 0 aromatic heterocycles. The standard InChI is InChI=1S/C28H38N2O/c1-22-8-3-4-9-25(22)24-12-10-23(11-13-24)18-30-19-26-27(20-30)28(26)21-31-17-7-16-29-14-5-2-6-15-29/h3-4,8-13,26-28H,2,5-7,14-21H2,1H3/t26-,27+,28?. The molecule has 5 rings (SSSR count). The van der Waals surface area contributed by atoms with E-state index in [-0.39, 0.29) is 0 Å². The molecule has 3 atom stereocenters. The lowest BCUT2D eigenvalue weighted by atomic mass is 9.99. The first-order valence-corrected chi connectivity index (χ1v) is 12.5. The van der Waals surface area contributed by atoms with Crippen LogP contribution in [0.2, 0.25) is 0 Å². The van der Waals surface area contributed by atoms with Crippen molar-refractivity contribution in [2.24, 2.45) is 17.8 Å². The molecule has 3 heteroatoms. The van der Waals surface area contributed by atoms with Crippen molar-refractivity contribution in [2.45, 2.75) is 39.2 Å². The molecule has 2 heterocycles. The molecule has 2 saturated heterocycles. The lowest BCUT2D eigenvalue weighted by molar-refractivity contribution is 0.0967. The van der Waals surface area contributed by atoms with E-state index in [9.17, 15) is 0 Å². The predicted octanol–water partition coefficient (Wildman–Crippen LogP) is 5.23. The summed E-state index contributed by atoms with van der Waals surface area (Å²) in [7, 11) is 0. The van der Waals surface area contributed by atoms with E-state index in [4.69, 9.17) is 4.74 Å². The van der Waals surface area contributed by atoms with Crippen LogP contribution in [0.25, 0.3) is 11.1 Å². The van der Waals surface area contributed by atoms with E-state index in [1.54, 1.807) is 0 Å². The Morgan fingerprint density at radius 1 is 0.871 bits per heavy atom. The smallest absolute Gasteiger partial charge is 0.0500 e. The van der Waals surface area contributed by atoms with Gasteiger partial charge in [0.05, 0.1) is 6.61 Å². The monoisotopic (exact) mass is 418 g/mol. The number of hydrogen-bond donors (Lipinski definition) is 0. The summed E-state index contributed by atoms with van der Waals surface area (Å²) < 4.78 is 6.06. The normalized spacial score (nSPS) is 26.2. The van der Waals surface area contributed by atoms with Crippen LogP contribution in [0, 0.1) is 24.7 Å². The highest BCUT2D eigenvalue weighted by atomic mass is 16.5. The maximum absolute atomic E-state index is 6.06. The Hall–Kier alpha value is -1.68. The number of fused-ring (bicyclic) bond motifs is 1. The fourth-order valence-electron chi connectivity index (χ4n) is 5.85. The Morgan fingerprint density at radius 2 is 1.61 bits per heavy atom. The molecule has 0 radical (unpaired) electrons. The lowest BCUT2D eigenvalue weighted by Gasteiger charge is -2.26. The third-order valence-corrected chi connectivity index (χ3v) is 7.79. The fraction of sp³-hybridized carbons (Fsp3) is 0.571. The van der Waals surface area contributed by atoms with Crippen molar-refractivity contribution >= 4 is 0 Å². The topological polar surface area (TPSA) is 15.7 Å². The van der Waals surface area contributed by atoms with Gasteiger partial charge in [0.1, 0.15) is 0 Å². The van der Waals surface area contributed by atoms with Crippen LogP contribution in [0.4, 0.5) is 0 Å². The molecular formula is C28H38N2O. The molecule has 2 aliphatic heterocycles. The van der Waals surface area contributed by atoms with Gasteiger partial charge in [-0.15, -0.1) is 0 Å². The molecule has 1 aliphatic carbocycles. The number of piperidine rings is 2. The number of aryl methyl sites for hydroxylation is 1. The first-order valence-electron chi connectivity index (χ1n) is 12.5. The molecule has 2 aromatic carbocycles. The number of rotatable bonds is 9. The van der Waals surface area contributed by atoms with Gasteiger partial charge in [0, 0.05) is 32.8 Å². The van der Waals surface area contributed by atoms with Crippen molar-refractivity contribution in [2.75, 3.05) is 45.9 Å². The van der Waals surface area contributed by atoms with Crippen LogP contribution in [0.5, 0.6) is 0 Å². The predicted molar refractivity (Wildman–Crippen MR) is 128 cm³/mol. The van der Waals surface area contributed by atoms with Gasteiger partial charge in [0.2, 0.25) is 0 Å². The first kappa shape index (κ1) is 21.2. The third kappa shape index (κ3) is 5.22. The van der Waals surface area contributed by atoms with Crippen LogP contribution >= 0.6 is 0 Å². The molecule has 2 aromatic rings. The minimum Gasteiger partial charge on any atom is -0.381 e. The fourth-order valence-corrected chi connectivity index (χ4v) is 5.85. The second-order valence-electron chi connectivity index (χ2n) is 10.0. The largest absolute Gasteiger partial charge is 0.381 e. The molecule has 166 valence electrons. The maximum Gasteiger partial charge on any atom is 0.0500 e. The molecule has 3 aliphatic rings. The van der Waals surface area contributed by atoms with Crippen molar-refractivity contribution in [3.05, 3.63) is 59.7 Å². The van der Waals surface area contributed by atoms with Crippen LogP contribution in [0.1, 0.15) is 36.8 Å². The van der Waals surface area contributed by atoms with E-state index < -0.39 is 0 Å². The molecule has 0 spiro atoms. The minimum absolute atomic E-state index is 0.828. The van der Waals surface area contributed by atoms with Gasteiger partial charge >= 0.3 is 0 Å². The van der Waals surface area contributed by atoms with Gasteiger partial charge in [-0.05, 0) is 79.3 Å². The quantitative estimate of drug-likeness (QED) is 0.519. The Kier molecular flexibility index (Phi) is 6.73. The van der Waals surface area contributed by atoms with Crippen molar-refractivity contribution in [3.8, 4) is 11.1 Å². The van der Waals surface area contributed by atoms with Crippen LogP contribution in [0.3, 0.4) is 0 Å². The van der Waals surface area contributed by atoms with Gasteiger partial charge in [0.15, 0.2) is 0 Å². The number of benzene rings is 2. The highest BCUT2D eigenvalue weighted by Gasteiger charge is 2.55. The zero-order chi connectivity index (χ0) is 21.0. The molecule has 3 nitrogen and oxygen atoms in total. The van der Waals surface area contributed by atoms with Gasteiger partial charge < -0.3 is 9.64 Å². The molecule has 31 heavy (non-hydrogen) atoms. The zero-order valence-electron chi connectivity index (χ0n) is 19.1. The summed E-state index contributed by atoms with van der Waals surface area (Å²) in [5.41, 5.74) is 5.44. The minimum atomic E-state index is 0.828. The van der Waals surface area contributed by atoms with Gasteiger partial charge in [-0.25, -0.2) is 0 Å². The van der Waals surface area contributed by atoms with E-state index >= 15 is 0 Å². The van der Waals surface area contributed by atoms with Gasteiger partial charge in [-0.1, -0.05) is 55.0 Å². The van der Waals surface area contributed by atoms with Crippen LogP contribution in [0.15, 0.2) is 48.5 Å². The molecule has 0 amide bonds. The highest BCUT2D eigenvalue weighted by Crippen LogP contribution is 2.52. The molecular weight excluding hydrogens is 380 g/mol. The van der Waals surface area contributed by atoms with Gasteiger partial charge in [-0.3, -0.25) is 4.90 Å². The van der Waals surface area contributed by atoms with E-state index in [0.29, 0.717) is 0 Å². The summed E-state index contributed by atoms with van der Waals surface area (Å²) in [6.07, 6.45) is 5.40. The second-order valence-corrected chi connectivity index (χ2v) is 10.0. The average molecular weight is 419 g/mol. The zero-order valence-corrected chi connectivity index (χ0v) is 19.1. The molecule has 1 saturated carbocycles. The van der Waals surface area contributed by atoms with E-state index in [1.807, 2.05) is 0 Å². The molecule has 1 unspecified atom stereocenters. The molecule has 0 N–H and O–H groups in total. The van der Waals surface area contributed by atoms with E-state index in [1.165, 1.54) is 80.7 Å². The maximum atomic E-state index is 6.06. The van der Waals surface area contributed by atoms with Crippen molar-refractivity contribution < 1.29 is 4.74 Å². The van der Waals surface area contributed by atoms with Crippen molar-refractivity contribution in [1.29, 1.82) is 0 Å². The van der Waals surface area contributed by atoms with E-state index in [2.05, 4.69) is 65.3 Å². The number of likely N-dealkylation sites (tertiary alicyclic amines) is 2. The average Bonchev–Trinajstić information content (AvgIpc) is 3.25. The van der Waals surface area contributed by atoms with E-state index in [0.717, 1.165) is 37.5 Å². The summed E-state index contributed by atoms with van der Waals surface area (Å²) in [6, 6.07) is 17.8. The Bertz CT molecular complexity index is 830.